The van der Waals surface area contributed by atoms with Gasteiger partial charge in [-0.1, -0.05) is 58.2 Å². The summed E-state index contributed by atoms with van der Waals surface area (Å²) >= 11 is 0. The first-order valence-corrected chi connectivity index (χ1v) is 12.5. The number of carbonyl (C=O) groups excluding carboxylic acids is 4. The molecular formula is C27H34N4O4. The Hall–Kier alpha value is -3.21. The summed E-state index contributed by atoms with van der Waals surface area (Å²) in [7, 11) is 0. The van der Waals surface area contributed by atoms with E-state index in [0.717, 1.165) is 24.8 Å². The van der Waals surface area contributed by atoms with Crippen LogP contribution in [0.25, 0.3) is 0 Å². The number of nitriles is 1. The first-order chi connectivity index (χ1) is 16.6. The van der Waals surface area contributed by atoms with E-state index in [-0.39, 0.29) is 30.2 Å². The summed E-state index contributed by atoms with van der Waals surface area (Å²) in [5.41, 5.74) is 0.157. The van der Waals surface area contributed by atoms with Crippen LogP contribution in [0.3, 0.4) is 0 Å². The van der Waals surface area contributed by atoms with Crippen LogP contribution in [0.15, 0.2) is 24.3 Å². The molecule has 1 aromatic rings. The predicted molar refractivity (Wildman–Crippen MR) is 130 cm³/mol. The lowest BCUT2D eigenvalue weighted by atomic mass is 9.80. The molecule has 3 amide bonds. The Morgan fingerprint density at radius 3 is 2.54 bits per heavy atom. The standard InChI is InChI=1S/C27H34N4O4/c1-26(2,3)14-21(29-23(33)22(32)17-9-5-4-6-10-17)24(34)31-16-27(13-18(31)15-28)19-11-7-8-12-20(19)30-25(27)35/h7-8,11-12,17-18,21H,4-6,9-10,13-14,16H2,1-3H3,(H,29,33)(H,30,35)/t18-,21-,27-/m0/s1. The summed E-state index contributed by atoms with van der Waals surface area (Å²) in [6.07, 6.45) is 4.82. The van der Waals surface area contributed by atoms with Crippen molar-refractivity contribution in [3.8, 4) is 6.07 Å². The maximum Gasteiger partial charge on any atom is 0.288 e. The maximum absolute atomic E-state index is 13.8. The molecule has 1 saturated carbocycles. The molecule has 8 nitrogen and oxygen atoms in total. The third kappa shape index (κ3) is 4.82. The quantitative estimate of drug-likeness (QED) is 0.631. The van der Waals surface area contributed by atoms with Crippen molar-refractivity contribution in [2.75, 3.05) is 11.9 Å². The number of para-hydroxylation sites is 1. The van der Waals surface area contributed by atoms with Crippen molar-refractivity contribution in [2.24, 2.45) is 11.3 Å². The number of benzene rings is 1. The molecule has 2 fully saturated rings. The fourth-order valence-corrected chi connectivity index (χ4v) is 5.78. The number of likely N-dealkylation sites (tertiary alicyclic amines) is 1. The molecule has 2 heterocycles. The molecule has 3 atom stereocenters. The van der Waals surface area contributed by atoms with Crippen LogP contribution in [-0.2, 0) is 24.6 Å². The molecular weight excluding hydrogens is 444 g/mol. The van der Waals surface area contributed by atoms with Gasteiger partial charge in [0.05, 0.1) is 11.5 Å². The van der Waals surface area contributed by atoms with Crippen molar-refractivity contribution >= 4 is 29.2 Å². The van der Waals surface area contributed by atoms with Crippen molar-refractivity contribution in [3.63, 3.8) is 0 Å². The Morgan fingerprint density at radius 2 is 1.89 bits per heavy atom. The molecule has 1 spiro atoms. The maximum atomic E-state index is 13.8. The van der Waals surface area contributed by atoms with Crippen LogP contribution in [-0.4, -0.2) is 47.0 Å². The number of hydrogen-bond donors (Lipinski definition) is 2. The monoisotopic (exact) mass is 478 g/mol. The van der Waals surface area contributed by atoms with E-state index in [0.29, 0.717) is 24.9 Å². The molecule has 2 N–H and O–H groups in total. The van der Waals surface area contributed by atoms with Gasteiger partial charge < -0.3 is 15.5 Å². The van der Waals surface area contributed by atoms with Gasteiger partial charge in [0.2, 0.25) is 17.6 Å². The number of rotatable bonds is 5. The lowest BCUT2D eigenvalue weighted by molar-refractivity contribution is -0.144. The second kappa shape index (κ2) is 9.44. The molecule has 1 aliphatic carbocycles. The van der Waals surface area contributed by atoms with Crippen LogP contribution in [0.1, 0.15) is 71.3 Å². The molecule has 4 rings (SSSR count). The van der Waals surface area contributed by atoms with Crippen LogP contribution in [0.4, 0.5) is 5.69 Å². The molecule has 2 aliphatic heterocycles. The first kappa shape index (κ1) is 24.9. The minimum absolute atomic E-state index is 0.0555. The van der Waals surface area contributed by atoms with Gasteiger partial charge >= 0.3 is 0 Å². The second-order valence-electron chi connectivity index (χ2n) is 11.4. The highest BCUT2D eigenvalue weighted by Gasteiger charge is 2.56. The highest BCUT2D eigenvalue weighted by Crippen LogP contribution is 2.46. The lowest BCUT2D eigenvalue weighted by Crippen LogP contribution is -2.53. The number of hydrogen-bond acceptors (Lipinski definition) is 5. The van der Waals surface area contributed by atoms with E-state index in [4.69, 9.17) is 0 Å². The zero-order valence-electron chi connectivity index (χ0n) is 20.7. The Kier molecular flexibility index (Phi) is 6.72. The van der Waals surface area contributed by atoms with E-state index in [1.165, 1.54) is 4.90 Å². The fourth-order valence-electron chi connectivity index (χ4n) is 5.78. The topological polar surface area (TPSA) is 119 Å². The van der Waals surface area contributed by atoms with Crippen LogP contribution in [0.5, 0.6) is 0 Å². The lowest BCUT2D eigenvalue weighted by Gasteiger charge is -2.31. The second-order valence-corrected chi connectivity index (χ2v) is 11.4. The van der Waals surface area contributed by atoms with Crippen LogP contribution < -0.4 is 10.6 Å². The van der Waals surface area contributed by atoms with Crippen molar-refractivity contribution in [1.82, 2.24) is 10.2 Å². The number of nitrogens with one attached hydrogen (secondary N) is 2. The number of Topliss-reactive ketones (excluding diaryl/α,β-unsaturated/α-hetero) is 1. The molecule has 0 aromatic heterocycles. The van der Waals surface area contributed by atoms with E-state index in [9.17, 15) is 24.4 Å². The van der Waals surface area contributed by atoms with Gasteiger partial charge in [-0.25, -0.2) is 0 Å². The average Bonchev–Trinajstić information content (AvgIpc) is 3.35. The van der Waals surface area contributed by atoms with Crippen LogP contribution >= 0.6 is 0 Å². The molecule has 8 heteroatoms. The van der Waals surface area contributed by atoms with Crippen molar-refractivity contribution in [3.05, 3.63) is 29.8 Å². The third-order valence-electron chi connectivity index (χ3n) is 7.54. The summed E-state index contributed by atoms with van der Waals surface area (Å²) in [5.74, 6) is -2.14. The third-order valence-corrected chi connectivity index (χ3v) is 7.54. The van der Waals surface area contributed by atoms with Gasteiger partial charge in [0, 0.05) is 24.6 Å². The van der Waals surface area contributed by atoms with Gasteiger partial charge in [-0.15, -0.1) is 0 Å². The minimum atomic E-state index is -0.999. The Balaban J connectivity index is 1.58. The first-order valence-electron chi connectivity index (χ1n) is 12.5. The van der Waals surface area contributed by atoms with Gasteiger partial charge in [0.25, 0.3) is 5.91 Å². The summed E-state index contributed by atoms with van der Waals surface area (Å²) in [6, 6.07) is 7.75. The van der Waals surface area contributed by atoms with Gasteiger partial charge in [-0.2, -0.15) is 5.26 Å². The Bertz CT molecular complexity index is 1080. The zero-order chi connectivity index (χ0) is 25.4. The van der Waals surface area contributed by atoms with E-state index in [1.54, 1.807) is 0 Å². The highest BCUT2D eigenvalue weighted by atomic mass is 16.2. The summed E-state index contributed by atoms with van der Waals surface area (Å²) in [6.45, 7) is 5.92. The van der Waals surface area contributed by atoms with Crippen molar-refractivity contribution in [2.45, 2.75) is 83.2 Å². The van der Waals surface area contributed by atoms with Gasteiger partial charge in [0.15, 0.2) is 0 Å². The van der Waals surface area contributed by atoms with Crippen molar-refractivity contribution in [1.29, 1.82) is 5.26 Å². The van der Waals surface area contributed by atoms with E-state index < -0.39 is 35.1 Å². The van der Waals surface area contributed by atoms with Gasteiger partial charge in [-0.3, -0.25) is 19.2 Å². The zero-order valence-corrected chi connectivity index (χ0v) is 20.7. The number of ketones is 1. The number of carbonyl (C=O) groups is 4. The predicted octanol–water partition coefficient (Wildman–Crippen LogP) is 3.07. The SMILES string of the molecule is CC(C)(C)C[C@H](NC(=O)C(=O)C1CCCCC1)C(=O)N1C[C@]2(C[C@H]1C#N)C(=O)Nc1ccccc12. The van der Waals surface area contributed by atoms with Crippen LogP contribution in [0, 0.1) is 22.7 Å². The number of amides is 3. The van der Waals surface area contributed by atoms with E-state index >= 15 is 0 Å². The normalized spacial score (nSPS) is 25.0. The van der Waals surface area contributed by atoms with Crippen molar-refractivity contribution < 1.29 is 19.2 Å². The number of nitrogens with zero attached hydrogens (tertiary/aromatic N) is 2. The van der Waals surface area contributed by atoms with Crippen LogP contribution in [0.2, 0.25) is 0 Å². The molecule has 186 valence electrons. The Labute approximate surface area is 206 Å². The molecule has 0 unspecified atom stereocenters. The van der Waals surface area contributed by atoms with Gasteiger partial charge in [-0.05, 0) is 36.3 Å². The molecule has 0 radical (unpaired) electrons. The summed E-state index contributed by atoms with van der Waals surface area (Å²) in [4.78, 5) is 54.0. The van der Waals surface area contributed by atoms with E-state index in [2.05, 4.69) is 16.7 Å². The minimum Gasteiger partial charge on any atom is -0.338 e. The molecule has 35 heavy (non-hydrogen) atoms. The number of anilines is 1. The van der Waals surface area contributed by atoms with E-state index in [1.807, 2.05) is 45.0 Å². The summed E-state index contributed by atoms with van der Waals surface area (Å²) in [5, 5.41) is 15.5. The smallest absolute Gasteiger partial charge is 0.288 e. The molecule has 3 aliphatic rings. The fraction of sp³-hybridized carbons (Fsp3) is 0.593. The average molecular weight is 479 g/mol. The Morgan fingerprint density at radius 1 is 1.20 bits per heavy atom. The molecule has 0 bridgehead atoms. The molecule has 1 aromatic carbocycles. The molecule has 1 saturated heterocycles. The summed E-state index contributed by atoms with van der Waals surface area (Å²) < 4.78 is 0. The largest absolute Gasteiger partial charge is 0.338 e. The number of fused-ring (bicyclic) bond motifs is 2. The van der Waals surface area contributed by atoms with Gasteiger partial charge in [0.1, 0.15) is 12.1 Å². The highest BCUT2D eigenvalue weighted by molar-refractivity contribution is 6.37.